The molecule has 116 valence electrons. The van der Waals surface area contributed by atoms with Gasteiger partial charge in [-0.1, -0.05) is 32.0 Å². The summed E-state index contributed by atoms with van der Waals surface area (Å²) in [6, 6.07) is 8.06. The van der Waals surface area contributed by atoms with Crippen molar-refractivity contribution in [3.8, 4) is 0 Å². The van der Waals surface area contributed by atoms with Gasteiger partial charge < -0.3 is 15.0 Å². The smallest absolute Gasteiger partial charge is 0.152 e. The van der Waals surface area contributed by atoms with Gasteiger partial charge in [-0.25, -0.2) is 9.97 Å². The normalized spacial score (nSPS) is 11.8. The van der Waals surface area contributed by atoms with Crippen LogP contribution in [0.2, 0.25) is 0 Å². The van der Waals surface area contributed by atoms with Crippen molar-refractivity contribution in [2.75, 3.05) is 12.3 Å². The number of para-hydroxylation sites is 1. The number of nitrogen functional groups attached to an aromatic ring is 1. The van der Waals surface area contributed by atoms with Gasteiger partial charge in [-0.15, -0.1) is 0 Å². The van der Waals surface area contributed by atoms with Crippen LogP contribution < -0.4 is 5.73 Å². The number of aromatic nitrogens is 3. The van der Waals surface area contributed by atoms with Crippen molar-refractivity contribution in [3.63, 3.8) is 0 Å². The van der Waals surface area contributed by atoms with E-state index < -0.39 is 0 Å². The lowest BCUT2D eigenvalue weighted by atomic mass is 10.1. The second-order valence-corrected chi connectivity index (χ2v) is 5.88. The number of hydrogen-bond donors (Lipinski definition) is 1. The molecule has 0 atom stereocenters. The van der Waals surface area contributed by atoms with Crippen LogP contribution in [0.15, 0.2) is 24.3 Å². The first-order valence-electron chi connectivity index (χ1n) is 7.72. The topological polar surface area (TPSA) is 66.0 Å². The number of imidazole rings is 1. The zero-order valence-corrected chi connectivity index (χ0v) is 13.3. The number of anilines is 1. The monoisotopic (exact) mass is 298 g/mol. The van der Waals surface area contributed by atoms with Crippen molar-refractivity contribution in [1.29, 1.82) is 0 Å². The fraction of sp³-hybridized carbons (Fsp3) is 0.412. The van der Waals surface area contributed by atoms with Gasteiger partial charge in [0.25, 0.3) is 0 Å². The molecule has 0 radical (unpaired) electrons. The van der Waals surface area contributed by atoms with E-state index in [1.807, 2.05) is 25.1 Å². The van der Waals surface area contributed by atoms with Crippen LogP contribution >= 0.6 is 0 Å². The number of pyridine rings is 1. The third-order valence-corrected chi connectivity index (χ3v) is 3.67. The molecule has 3 rings (SSSR count). The Morgan fingerprint density at radius 2 is 2.00 bits per heavy atom. The van der Waals surface area contributed by atoms with Crippen LogP contribution in [0, 0.1) is 5.92 Å². The highest BCUT2D eigenvalue weighted by molar-refractivity contribution is 6.06. The molecule has 2 heterocycles. The number of rotatable bonds is 5. The van der Waals surface area contributed by atoms with Gasteiger partial charge in [0.05, 0.1) is 11.0 Å². The van der Waals surface area contributed by atoms with E-state index in [1.54, 1.807) is 0 Å². The predicted octanol–water partition coefficient (Wildman–Crippen LogP) is 3.36. The van der Waals surface area contributed by atoms with Crippen LogP contribution in [-0.4, -0.2) is 21.1 Å². The molecule has 0 saturated carbocycles. The second kappa shape index (κ2) is 5.93. The summed E-state index contributed by atoms with van der Waals surface area (Å²) >= 11 is 0. The average molecular weight is 298 g/mol. The lowest BCUT2D eigenvalue weighted by Crippen LogP contribution is -2.10. The van der Waals surface area contributed by atoms with Crippen LogP contribution in [0.25, 0.3) is 21.9 Å². The summed E-state index contributed by atoms with van der Waals surface area (Å²) in [7, 11) is 0. The van der Waals surface area contributed by atoms with Gasteiger partial charge in [-0.05, 0) is 18.9 Å². The van der Waals surface area contributed by atoms with Crippen molar-refractivity contribution in [1.82, 2.24) is 14.5 Å². The quantitative estimate of drug-likeness (QED) is 0.784. The minimum Gasteiger partial charge on any atom is -0.382 e. The van der Waals surface area contributed by atoms with Crippen molar-refractivity contribution < 1.29 is 4.74 Å². The summed E-state index contributed by atoms with van der Waals surface area (Å²) < 4.78 is 7.81. The molecule has 2 N–H and O–H groups in total. The summed E-state index contributed by atoms with van der Waals surface area (Å²) in [5.41, 5.74) is 8.87. The van der Waals surface area contributed by atoms with Crippen molar-refractivity contribution in [3.05, 3.63) is 30.1 Å². The van der Waals surface area contributed by atoms with Gasteiger partial charge in [-0.2, -0.15) is 0 Å². The molecule has 0 unspecified atom stereocenters. The Morgan fingerprint density at radius 1 is 1.23 bits per heavy atom. The van der Waals surface area contributed by atoms with Gasteiger partial charge in [0.1, 0.15) is 17.9 Å². The standard InChI is InChI=1S/C17H22N4O/c1-4-22-10-14-20-15-16(21(14)9-11(2)3)12-7-5-6-8-13(12)19-17(15)18/h5-8,11H,4,9-10H2,1-3H3,(H2,18,19). The predicted molar refractivity (Wildman–Crippen MR) is 89.6 cm³/mol. The zero-order chi connectivity index (χ0) is 15.7. The highest BCUT2D eigenvalue weighted by atomic mass is 16.5. The molecule has 1 aromatic carbocycles. The summed E-state index contributed by atoms with van der Waals surface area (Å²) in [5.74, 6) is 1.90. The maximum absolute atomic E-state index is 6.14. The molecule has 22 heavy (non-hydrogen) atoms. The molecule has 0 amide bonds. The van der Waals surface area contributed by atoms with Crippen LogP contribution in [0.5, 0.6) is 0 Å². The summed E-state index contributed by atoms with van der Waals surface area (Å²) in [6.07, 6.45) is 0. The lowest BCUT2D eigenvalue weighted by Gasteiger charge is -2.13. The van der Waals surface area contributed by atoms with Crippen LogP contribution in [0.4, 0.5) is 5.82 Å². The Labute approximate surface area is 130 Å². The molecule has 2 aromatic heterocycles. The molecule has 0 spiro atoms. The SMILES string of the molecule is CCOCc1nc2c(N)nc3ccccc3c2n1CC(C)C. The first kappa shape index (κ1) is 14.8. The van der Waals surface area contributed by atoms with Crippen LogP contribution in [0.1, 0.15) is 26.6 Å². The van der Waals surface area contributed by atoms with Gasteiger partial charge in [-0.3, -0.25) is 0 Å². The van der Waals surface area contributed by atoms with Crippen molar-refractivity contribution in [2.24, 2.45) is 5.92 Å². The number of nitrogens with zero attached hydrogens (tertiary/aromatic N) is 3. The van der Waals surface area contributed by atoms with E-state index in [0.29, 0.717) is 24.9 Å². The van der Waals surface area contributed by atoms with E-state index in [4.69, 9.17) is 15.5 Å². The van der Waals surface area contributed by atoms with Gasteiger partial charge in [0, 0.05) is 18.5 Å². The number of ether oxygens (including phenoxy) is 1. The molecule has 3 aromatic rings. The minimum absolute atomic E-state index is 0.481. The van der Waals surface area contributed by atoms with E-state index in [2.05, 4.69) is 29.5 Å². The molecule has 5 heteroatoms. The molecule has 0 aliphatic carbocycles. The maximum atomic E-state index is 6.14. The molecular formula is C17H22N4O. The minimum atomic E-state index is 0.481. The number of benzene rings is 1. The third kappa shape index (κ3) is 2.52. The van der Waals surface area contributed by atoms with Crippen molar-refractivity contribution in [2.45, 2.75) is 33.9 Å². The van der Waals surface area contributed by atoms with Crippen molar-refractivity contribution >= 4 is 27.8 Å². The highest BCUT2D eigenvalue weighted by Crippen LogP contribution is 2.29. The van der Waals surface area contributed by atoms with E-state index in [-0.39, 0.29) is 0 Å². The average Bonchev–Trinajstić information content (AvgIpc) is 2.84. The lowest BCUT2D eigenvalue weighted by molar-refractivity contribution is 0.125. The van der Waals surface area contributed by atoms with E-state index in [1.165, 1.54) is 0 Å². The third-order valence-electron chi connectivity index (χ3n) is 3.67. The molecular weight excluding hydrogens is 276 g/mol. The Bertz CT molecular complexity index is 807. The first-order chi connectivity index (χ1) is 10.6. The van der Waals surface area contributed by atoms with Gasteiger partial charge in [0.2, 0.25) is 0 Å². The fourth-order valence-corrected chi connectivity index (χ4v) is 2.77. The number of fused-ring (bicyclic) bond motifs is 3. The molecule has 0 aliphatic rings. The molecule has 0 fully saturated rings. The second-order valence-electron chi connectivity index (χ2n) is 5.88. The summed E-state index contributed by atoms with van der Waals surface area (Å²) in [5, 5.41) is 1.09. The summed E-state index contributed by atoms with van der Waals surface area (Å²) in [6.45, 7) is 8.42. The van der Waals surface area contributed by atoms with E-state index in [9.17, 15) is 0 Å². The molecule has 0 aliphatic heterocycles. The zero-order valence-electron chi connectivity index (χ0n) is 13.3. The number of nitrogens with two attached hydrogens (primary N) is 1. The van der Waals surface area contributed by atoms with E-state index >= 15 is 0 Å². The van der Waals surface area contributed by atoms with Crippen LogP contribution in [-0.2, 0) is 17.9 Å². The number of hydrogen-bond acceptors (Lipinski definition) is 4. The maximum Gasteiger partial charge on any atom is 0.152 e. The van der Waals surface area contributed by atoms with Gasteiger partial charge >= 0.3 is 0 Å². The Kier molecular flexibility index (Phi) is 3.98. The van der Waals surface area contributed by atoms with E-state index in [0.717, 1.165) is 34.3 Å². The van der Waals surface area contributed by atoms with Gasteiger partial charge in [0.15, 0.2) is 5.82 Å². The molecule has 5 nitrogen and oxygen atoms in total. The Balaban J connectivity index is 2.32. The first-order valence-corrected chi connectivity index (χ1v) is 7.72. The highest BCUT2D eigenvalue weighted by Gasteiger charge is 2.17. The Hall–Kier alpha value is -2.14. The van der Waals surface area contributed by atoms with Crippen LogP contribution in [0.3, 0.4) is 0 Å². The fourth-order valence-electron chi connectivity index (χ4n) is 2.77. The molecule has 0 bridgehead atoms. The molecule has 0 saturated heterocycles. The largest absolute Gasteiger partial charge is 0.382 e. The Morgan fingerprint density at radius 3 is 2.73 bits per heavy atom. The summed E-state index contributed by atoms with van der Waals surface area (Å²) in [4.78, 5) is 9.18.